The summed E-state index contributed by atoms with van der Waals surface area (Å²) < 4.78 is 5.12. The minimum Gasteiger partial charge on any atom is -0.481 e. The molecule has 1 fully saturated rings. The monoisotopic (exact) mass is 261 g/mol. The number of carboxylic acid groups (broad SMARTS) is 1. The Kier molecular flexibility index (Phi) is 5.77. The van der Waals surface area contributed by atoms with Crippen LogP contribution in [-0.2, 0) is 14.3 Å². The van der Waals surface area contributed by atoms with E-state index in [2.05, 4.69) is 0 Å². The predicted octanol–water partition coefficient (Wildman–Crippen LogP) is 0.830. The number of hydrogen-bond acceptors (Lipinski definition) is 4. The molecule has 98 valence electrons. The van der Waals surface area contributed by atoms with Gasteiger partial charge in [0.2, 0.25) is 0 Å². The summed E-state index contributed by atoms with van der Waals surface area (Å²) in [6.45, 7) is 2.50. The molecule has 1 N–H and O–H groups in total. The quantitative estimate of drug-likeness (QED) is 0.794. The van der Waals surface area contributed by atoms with E-state index in [0.29, 0.717) is 18.7 Å². The molecule has 1 saturated heterocycles. The summed E-state index contributed by atoms with van der Waals surface area (Å²) in [5.41, 5.74) is 0. The lowest BCUT2D eigenvalue weighted by atomic mass is 10.1. The Hall–Kier alpha value is -0.750. The van der Waals surface area contributed by atoms with E-state index in [1.165, 1.54) is 7.11 Å². The number of ether oxygens (including phenoxy) is 1. The highest BCUT2D eigenvalue weighted by Crippen LogP contribution is 2.20. The maximum Gasteiger partial charge on any atom is 0.305 e. The van der Waals surface area contributed by atoms with E-state index < -0.39 is 12.1 Å². The number of hydrogen-bond donors (Lipinski definition) is 1. The van der Waals surface area contributed by atoms with Gasteiger partial charge in [0, 0.05) is 25.2 Å². The molecule has 0 spiro atoms. The third kappa shape index (κ3) is 3.89. The van der Waals surface area contributed by atoms with Crippen molar-refractivity contribution in [1.29, 1.82) is 0 Å². The molecule has 0 aromatic carbocycles. The molecule has 2 atom stereocenters. The predicted molar refractivity (Wildman–Crippen MR) is 66.2 cm³/mol. The van der Waals surface area contributed by atoms with Crippen LogP contribution in [0, 0.1) is 0 Å². The normalized spacial score (nSPS) is 22.2. The molecule has 6 heteroatoms. The lowest BCUT2D eigenvalue weighted by Gasteiger charge is -2.36. The molecule has 0 saturated carbocycles. The topological polar surface area (TPSA) is 66.8 Å². The van der Waals surface area contributed by atoms with Gasteiger partial charge in [0.05, 0.1) is 12.5 Å². The number of carboxylic acids is 1. The molecule has 17 heavy (non-hydrogen) atoms. The highest BCUT2D eigenvalue weighted by Gasteiger charge is 2.32. The van der Waals surface area contributed by atoms with Crippen molar-refractivity contribution in [3.63, 3.8) is 0 Å². The maximum atomic E-state index is 12.2. The zero-order valence-electron chi connectivity index (χ0n) is 10.2. The Morgan fingerprint density at radius 1 is 1.59 bits per heavy atom. The van der Waals surface area contributed by atoms with Crippen LogP contribution >= 0.6 is 11.8 Å². The SMILES string of the molecule is CCC(OC)C(=O)N1CCSCC1CC(=O)O. The van der Waals surface area contributed by atoms with Crippen molar-refractivity contribution >= 4 is 23.6 Å². The lowest BCUT2D eigenvalue weighted by molar-refractivity contribution is -0.146. The van der Waals surface area contributed by atoms with Crippen LogP contribution in [-0.4, -0.2) is 59.2 Å². The first-order valence-electron chi connectivity index (χ1n) is 5.73. The highest BCUT2D eigenvalue weighted by molar-refractivity contribution is 7.99. The number of carbonyl (C=O) groups is 2. The van der Waals surface area contributed by atoms with Gasteiger partial charge in [-0.15, -0.1) is 0 Å². The third-order valence-electron chi connectivity index (χ3n) is 2.85. The van der Waals surface area contributed by atoms with Gasteiger partial charge in [-0.2, -0.15) is 11.8 Å². The second-order valence-electron chi connectivity index (χ2n) is 3.99. The van der Waals surface area contributed by atoms with Crippen LogP contribution in [0.15, 0.2) is 0 Å². The van der Waals surface area contributed by atoms with Crippen LogP contribution in [0.3, 0.4) is 0 Å². The van der Waals surface area contributed by atoms with E-state index in [1.54, 1.807) is 16.7 Å². The van der Waals surface area contributed by atoms with Crippen molar-refractivity contribution in [3.05, 3.63) is 0 Å². The lowest BCUT2D eigenvalue weighted by Crippen LogP contribution is -2.51. The molecule has 1 amide bonds. The van der Waals surface area contributed by atoms with Crippen molar-refractivity contribution in [2.24, 2.45) is 0 Å². The average molecular weight is 261 g/mol. The van der Waals surface area contributed by atoms with Gasteiger partial charge in [0.25, 0.3) is 5.91 Å². The standard InChI is InChI=1S/C11H19NO4S/c1-3-9(16-2)11(15)12-4-5-17-7-8(12)6-10(13)14/h8-9H,3-7H2,1-2H3,(H,13,14). The molecule has 1 heterocycles. The summed E-state index contributed by atoms with van der Waals surface area (Å²) in [5, 5.41) is 8.84. The average Bonchev–Trinajstić information content (AvgIpc) is 2.30. The minimum absolute atomic E-state index is 0.0128. The van der Waals surface area contributed by atoms with Crippen LogP contribution in [0.25, 0.3) is 0 Å². The molecule has 1 rings (SSSR count). The van der Waals surface area contributed by atoms with Crippen LogP contribution in [0.5, 0.6) is 0 Å². The second-order valence-corrected chi connectivity index (χ2v) is 5.14. The Bertz CT molecular complexity index is 281. The van der Waals surface area contributed by atoms with Gasteiger partial charge in [-0.25, -0.2) is 0 Å². The number of carbonyl (C=O) groups excluding carboxylic acids is 1. The number of rotatable bonds is 5. The number of amides is 1. The van der Waals surface area contributed by atoms with Gasteiger partial charge in [0.15, 0.2) is 0 Å². The molecule has 1 aliphatic rings. The molecule has 1 aliphatic heterocycles. The molecule has 2 unspecified atom stereocenters. The molecular weight excluding hydrogens is 242 g/mol. The Labute approximate surface area is 105 Å². The minimum atomic E-state index is -0.860. The second kappa shape index (κ2) is 6.86. The zero-order chi connectivity index (χ0) is 12.8. The molecule has 0 radical (unpaired) electrons. The molecule has 5 nitrogen and oxygen atoms in total. The summed E-state index contributed by atoms with van der Waals surface area (Å²) in [6.07, 6.45) is 0.173. The van der Waals surface area contributed by atoms with Crippen LogP contribution < -0.4 is 0 Å². The van der Waals surface area contributed by atoms with Crippen LogP contribution in [0.1, 0.15) is 19.8 Å². The summed E-state index contributed by atoms with van der Waals surface area (Å²) >= 11 is 1.70. The van der Waals surface area contributed by atoms with E-state index >= 15 is 0 Å². The van der Waals surface area contributed by atoms with Gasteiger partial charge < -0.3 is 14.7 Å². The number of aliphatic carboxylic acids is 1. The van der Waals surface area contributed by atoms with Gasteiger partial charge in [0.1, 0.15) is 6.10 Å². The summed E-state index contributed by atoms with van der Waals surface area (Å²) in [7, 11) is 1.51. The highest BCUT2D eigenvalue weighted by atomic mass is 32.2. The van der Waals surface area contributed by atoms with E-state index in [1.807, 2.05) is 6.92 Å². The fourth-order valence-corrected chi connectivity index (χ4v) is 3.01. The number of nitrogens with zero attached hydrogens (tertiary/aromatic N) is 1. The molecule has 0 aliphatic carbocycles. The largest absolute Gasteiger partial charge is 0.481 e. The van der Waals surface area contributed by atoms with E-state index in [9.17, 15) is 9.59 Å². The molecular formula is C11H19NO4S. The van der Waals surface area contributed by atoms with Gasteiger partial charge in [-0.05, 0) is 6.42 Å². The van der Waals surface area contributed by atoms with Gasteiger partial charge in [-0.3, -0.25) is 9.59 Å². The van der Waals surface area contributed by atoms with Gasteiger partial charge >= 0.3 is 5.97 Å². The fraction of sp³-hybridized carbons (Fsp3) is 0.818. The van der Waals surface area contributed by atoms with Gasteiger partial charge in [-0.1, -0.05) is 6.92 Å². The zero-order valence-corrected chi connectivity index (χ0v) is 11.0. The van der Waals surface area contributed by atoms with Crippen molar-refractivity contribution in [2.45, 2.75) is 31.9 Å². The van der Waals surface area contributed by atoms with Crippen LogP contribution in [0.4, 0.5) is 0 Å². The van der Waals surface area contributed by atoms with Crippen molar-refractivity contribution in [2.75, 3.05) is 25.2 Å². The first kappa shape index (κ1) is 14.3. The first-order valence-corrected chi connectivity index (χ1v) is 6.88. The summed E-state index contributed by atoms with van der Waals surface area (Å²) in [5.74, 6) is 0.613. The maximum absolute atomic E-state index is 12.2. The molecule has 0 aromatic rings. The van der Waals surface area contributed by atoms with E-state index in [-0.39, 0.29) is 18.4 Å². The third-order valence-corrected chi connectivity index (χ3v) is 3.94. The Morgan fingerprint density at radius 3 is 2.82 bits per heavy atom. The van der Waals surface area contributed by atoms with Crippen LogP contribution in [0.2, 0.25) is 0 Å². The van der Waals surface area contributed by atoms with E-state index in [0.717, 1.165) is 5.75 Å². The van der Waals surface area contributed by atoms with E-state index in [4.69, 9.17) is 9.84 Å². The molecule has 0 aromatic heterocycles. The smallest absolute Gasteiger partial charge is 0.305 e. The molecule has 0 bridgehead atoms. The van der Waals surface area contributed by atoms with Crippen molar-refractivity contribution in [1.82, 2.24) is 4.90 Å². The Morgan fingerprint density at radius 2 is 2.29 bits per heavy atom. The summed E-state index contributed by atoms with van der Waals surface area (Å²) in [4.78, 5) is 24.6. The number of thioether (sulfide) groups is 1. The Balaban J connectivity index is 2.69. The van der Waals surface area contributed by atoms with Crippen molar-refractivity contribution in [3.8, 4) is 0 Å². The summed E-state index contributed by atoms with van der Waals surface area (Å²) in [6, 6.07) is -0.206. The van der Waals surface area contributed by atoms with Crippen molar-refractivity contribution < 1.29 is 19.4 Å². The number of methoxy groups -OCH3 is 1. The fourth-order valence-electron chi connectivity index (χ4n) is 1.94. The first-order chi connectivity index (χ1) is 8.10.